The molecule has 1 heterocycles. The van der Waals surface area contributed by atoms with Crippen LogP contribution in [0, 0.1) is 0 Å². The van der Waals surface area contributed by atoms with Crippen LogP contribution in [0.15, 0.2) is 24.3 Å². The minimum atomic E-state index is -0.740. The second-order valence-electron chi connectivity index (χ2n) is 3.85. The molecule has 0 bridgehead atoms. The van der Waals surface area contributed by atoms with Crippen molar-refractivity contribution in [3.05, 3.63) is 29.8 Å². The lowest BCUT2D eigenvalue weighted by molar-refractivity contribution is -0.159. The van der Waals surface area contributed by atoms with E-state index in [1.54, 1.807) is 24.3 Å². The first-order valence-corrected chi connectivity index (χ1v) is 5.35. The van der Waals surface area contributed by atoms with Crippen molar-refractivity contribution in [1.82, 2.24) is 0 Å². The number of hydrogen-bond acceptors (Lipinski definition) is 5. The lowest BCUT2D eigenvalue weighted by Crippen LogP contribution is -2.23. The SMILES string of the molecule is Nc1ccc(CC(=O)OC2CCOC2=O)cc1. The maximum atomic E-state index is 11.5. The Morgan fingerprint density at radius 3 is 2.71 bits per heavy atom. The van der Waals surface area contributed by atoms with Crippen molar-refractivity contribution in [2.24, 2.45) is 0 Å². The van der Waals surface area contributed by atoms with E-state index < -0.39 is 18.0 Å². The maximum absolute atomic E-state index is 11.5. The van der Waals surface area contributed by atoms with Gasteiger partial charge in [0.05, 0.1) is 13.0 Å². The van der Waals surface area contributed by atoms with Gasteiger partial charge in [0.1, 0.15) is 0 Å². The molecule has 5 nitrogen and oxygen atoms in total. The zero-order chi connectivity index (χ0) is 12.3. The van der Waals surface area contributed by atoms with E-state index in [1.165, 1.54) is 0 Å². The largest absolute Gasteiger partial charge is 0.463 e. The molecule has 5 heteroatoms. The van der Waals surface area contributed by atoms with E-state index in [4.69, 9.17) is 15.2 Å². The van der Waals surface area contributed by atoms with Crippen LogP contribution in [0.4, 0.5) is 5.69 Å². The molecule has 0 aromatic heterocycles. The number of nitrogen functional groups attached to an aromatic ring is 1. The zero-order valence-corrected chi connectivity index (χ0v) is 9.22. The molecule has 2 N–H and O–H groups in total. The Kier molecular flexibility index (Phi) is 3.27. The molecule has 0 amide bonds. The molecule has 2 rings (SSSR count). The van der Waals surface area contributed by atoms with Gasteiger partial charge in [-0.25, -0.2) is 4.79 Å². The van der Waals surface area contributed by atoms with Crippen molar-refractivity contribution in [3.8, 4) is 0 Å². The van der Waals surface area contributed by atoms with Crippen molar-refractivity contribution in [3.63, 3.8) is 0 Å². The average molecular weight is 235 g/mol. The molecule has 1 aliphatic rings. The summed E-state index contributed by atoms with van der Waals surface area (Å²) in [5.74, 6) is -0.894. The van der Waals surface area contributed by atoms with E-state index in [9.17, 15) is 9.59 Å². The van der Waals surface area contributed by atoms with Crippen molar-refractivity contribution < 1.29 is 19.1 Å². The summed E-state index contributed by atoms with van der Waals surface area (Å²) in [5.41, 5.74) is 6.97. The number of anilines is 1. The third-order valence-electron chi connectivity index (χ3n) is 2.49. The number of esters is 2. The molecule has 1 atom stereocenters. The Morgan fingerprint density at radius 1 is 1.41 bits per heavy atom. The number of benzene rings is 1. The number of ether oxygens (including phenoxy) is 2. The molecule has 1 aromatic rings. The summed E-state index contributed by atoms with van der Waals surface area (Å²) < 4.78 is 9.71. The fourth-order valence-electron chi connectivity index (χ4n) is 1.59. The van der Waals surface area contributed by atoms with Crippen LogP contribution in [0.25, 0.3) is 0 Å². The molecule has 1 fully saturated rings. The summed E-state index contributed by atoms with van der Waals surface area (Å²) in [7, 11) is 0. The summed E-state index contributed by atoms with van der Waals surface area (Å²) in [6.45, 7) is 0.318. The van der Waals surface area contributed by atoms with Gasteiger partial charge in [-0.2, -0.15) is 0 Å². The number of nitrogens with two attached hydrogens (primary N) is 1. The Labute approximate surface area is 98.5 Å². The van der Waals surface area contributed by atoms with Gasteiger partial charge in [-0.1, -0.05) is 12.1 Å². The van der Waals surface area contributed by atoms with E-state index in [1.807, 2.05) is 0 Å². The normalized spacial score (nSPS) is 18.8. The van der Waals surface area contributed by atoms with Crippen molar-refractivity contribution in [2.45, 2.75) is 18.9 Å². The lowest BCUT2D eigenvalue weighted by atomic mass is 10.1. The van der Waals surface area contributed by atoms with E-state index in [0.717, 1.165) is 5.56 Å². The van der Waals surface area contributed by atoms with Gasteiger partial charge < -0.3 is 15.2 Å². The highest BCUT2D eigenvalue weighted by Crippen LogP contribution is 2.12. The van der Waals surface area contributed by atoms with Gasteiger partial charge in [0.25, 0.3) is 0 Å². The van der Waals surface area contributed by atoms with Crippen LogP contribution in [-0.4, -0.2) is 24.6 Å². The van der Waals surface area contributed by atoms with E-state index in [2.05, 4.69) is 0 Å². The summed E-state index contributed by atoms with van der Waals surface area (Å²) in [4.78, 5) is 22.6. The van der Waals surface area contributed by atoms with E-state index in [-0.39, 0.29) is 6.42 Å². The number of cyclic esters (lactones) is 1. The molecule has 0 saturated carbocycles. The molecule has 90 valence electrons. The number of hydrogen-bond donors (Lipinski definition) is 1. The van der Waals surface area contributed by atoms with Gasteiger partial charge in [0.2, 0.25) is 6.10 Å². The topological polar surface area (TPSA) is 78.6 Å². The average Bonchev–Trinajstić information content (AvgIpc) is 2.68. The second kappa shape index (κ2) is 4.86. The highest BCUT2D eigenvalue weighted by atomic mass is 16.6. The maximum Gasteiger partial charge on any atom is 0.347 e. The number of carbonyl (C=O) groups is 2. The number of rotatable bonds is 3. The molecule has 1 aromatic carbocycles. The van der Waals surface area contributed by atoms with Gasteiger partial charge in [-0.3, -0.25) is 4.79 Å². The molecule has 1 aliphatic heterocycles. The van der Waals surface area contributed by atoms with Crippen LogP contribution in [0.3, 0.4) is 0 Å². The minimum absolute atomic E-state index is 0.129. The first-order valence-electron chi connectivity index (χ1n) is 5.35. The van der Waals surface area contributed by atoms with Crippen LogP contribution in [0.2, 0.25) is 0 Å². The molecule has 0 spiro atoms. The van der Waals surface area contributed by atoms with Crippen molar-refractivity contribution in [2.75, 3.05) is 12.3 Å². The summed E-state index contributed by atoms with van der Waals surface area (Å²) in [6, 6.07) is 6.94. The monoisotopic (exact) mass is 235 g/mol. The molecule has 1 unspecified atom stereocenters. The van der Waals surface area contributed by atoms with Gasteiger partial charge in [-0.15, -0.1) is 0 Å². The predicted octanol–water partition coefficient (Wildman–Crippen LogP) is 0.670. The molecule has 0 aliphatic carbocycles. The predicted molar refractivity (Wildman–Crippen MR) is 60.0 cm³/mol. The van der Waals surface area contributed by atoms with Crippen molar-refractivity contribution in [1.29, 1.82) is 0 Å². The zero-order valence-electron chi connectivity index (χ0n) is 9.22. The summed E-state index contributed by atoms with van der Waals surface area (Å²) in [6.07, 6.45) is -0.174. The Bertz CT molecular complexity index is 427. The van der Waals surface area contributed by atoms with Crippen LogP contribution in [0.1, 0.15) is 12.0 Å². The van der Waals surface area contributed by atoms with Gasteiger partial charge in [0.15, 0.2) is 0 Å². The summed E-state index contributed by atoms with van der Waals surface area (Å²) in [5, 5.41) is 0. The third kappa shape index (κ3) is 2.96. The molecule has 1 saturated heterocycles. The fourth-order valence-corrected chi connectivity index (χ4v) is 1.59. The van der Waals surface area contributed by atoms with Gasteiger partial charge >= 0.3 is 11.9 Å². The molecular weight excluding hydrogens is 222 g/mol. The van der Waals surface area contributed by atoms with Crippen molar-refractivity contribution >= 4 is 17.6 Å². The van der Waals surface area contributed by atoms with E-state index in [0.29, 0.717) is 18.7 Å². The highest BCUT2D eigenvalue weighted by molar-refractivity contribution is 5.81. The minimum Gasteiger partial charge on any atom is -0.463 e. The second-order valence-corrected chi connectivity index (χ2v) is 3.85. The van der Waals surface area contributed by atoms with Gasteiger partial charge in [-0.05, 0) is 17.7 Å². The van der Waals surface area contributed by atoms with Crippen LogP contribution in [-0.2, 0) is 25.5 Å². The highest BCUT2D eigenvalue weighted by Gasteiger charge is 2.29. The molecule has 0 radical (unpaired) electrons. The fraction of sp³-hybridized carbons (Fsp3) is 0.333. The Balaban J connectivity index is 1.88. The van der Waals surface area contributed by atoms with Crippen LogP contribution >= 0.6 is 0 Å². The molecular formula is C12H13NO4. The van der Waals surface area contributed by atoms with Crippen LogP contribution < -0.4 is 5.73 Å². The third-order valence-corrected chi connectivity index (χ3v) is 2.49. The first kappa shape index (κ1) is 11.4. The molecule has 17 heavy (non-hydrogen) atoms. The van der Waals surface area contributed by atoms with Crippen LogP contribution in [0.5, 0.6) is 0 Å². The standard InChI is InChI=1S/C12H13NO4/c13-9-3-1-8(2-4-9)7-11(14)17-10-5-6-16-12(10)15/h1-4,10H,5-7,13H2. The quantitative estimate of drug-likeness (QED) is 0.615. The van der Waals surface area contributed by atoms with Gasteiger partial charge in [0, 0.05) is 12.1 Å². The lowest BCUT2D eigenvalue weighted by Gasteiger charge is -2.08. The smallest absolute Gasteiger partial charge is 0.347 e. The summed E-state index contributed by atoms with van der Waals surface area (Å²) >= 11 is 0. The Hall–Kier alpha value is -2.04. The first-order chi connectivity index (χ1) is 8.15. The number of carbonyl (C=O) groups excluding carboxylic acids is 2. The Morgan fingerprint density at radius 2 is 2.12 bits per heavy atom. The van der Waals surface area contributed by atoms with E-state index >= 15 is 0 Å².